The Morgan fingerprint density at radius 2 is 1.95 bits per heavy atom. The molecular formula is C18H25NO3. The molecule has 3 rings (SSSR count). The summed E-state index contributed by atoms with van der Waals surface area (Å²) in [5.74, 6) is 2.32. The van der Waals surface area contributed by atoms with Crippen molar-refractivity contribution in [3.63, 3.8) is 0 Å². The molecule has 4 heteroatoms. The molecule has 1 atom stereocenters. The number of methoxy groups -OCH3 is 2. The Balaban J connectivity index is 1.85. The third-order valence-corrected chi connectivity index (χ3v) is 5.04. The van der Waals surface area contributed by atoms with E-state index in [2.05, 4.69) is 11.8 Å². The first-order valence-electron chi connectivity index (χ1n) is 8.12. The average Bonchev–Trinajstić information content (AvgIpc) is 3.35. The van der Waals surface area contributed by atoms with Crippen molar-refractivity contribution in [2.45, 2.75) is 38.0 Å². The second-order valence-electron chi connectivity index (χ2n) is 6.65. The van der Waals surface area contributed by atoms with Crippen LogP contribution in [0.1, 0.15) is 38.2 Å². The maximum atomic E-state index is 13.0. The van der Waals surface area contributed by atoms with E-state index < -0.39 is 0 Å². The number of ether oxygens (including phenoxy) is 2. The lowest BCUT2D eigenvalue weighted by Gasteiger charge is -2.34. The molecular weight excluding hydrogens is 278 g/mol. The normalized spacial score (nSPS) is 23.0. The largest absolute Gasteiger partial charge is 0.493 e. The van der Waals surface area contributed by atoms with Gasteiger partial charge >= 0.3 is 0 Å². The average molecular weight is 303 g/mol. The zero-order chi connectivity index (χ0) is 15.7. The highest BCUT2D eigenvalue weighted by molar-refractivity contribution is 5.91. The van der Waals surface area contributed by atoms with Crippen LogP contribution in [0, 0.1) is 5.92 Å². The number of hydrogen-bond donors (Lipinski definition) is 0. The highest BCUT2D eigenvalue weighted by Gasteiger charge is 2.53. The van der Waals surface area contributed by atoms with Gasteiger partial charge in [-0.05, 0) is 49.3 Å². The van der Waals surface area contributed by atoms with E-state index >= 15 is 0 Å². The molecule has 1 saturated heterocycles. The van der Waals surface area contributed by atoms with Crippen molar-refractivity contribution in [1.29, 1.82) is 0 Å². The Hall–Kier alpha value is -1.71. The van der Waals surface area contributed by atoms with Gasteiger partial charge in [0.15, 0.2) is 11.5 Å². The molecule has 2 fully saturated rings. The first kappa shape index (κ1) is 15.2. The van der Waals surface area contributed by atoms with E-state index in [1.165, 1.54) is 6.42 Å². The molecule has 1 saturated carbocycles. The van der Waals surface area contributed by atoms with Crippen LogP contribution in [-0.4, -0.2) is 38.1 Å². The Labute approximate surface area is 132 Å². The topological polar surface area (TPSA) is 38.8 Å². The van der Waals surface area contributed by atoms with Crippen molar-refractivity contribution in [3.05, 3.63) is 23.8 Å². The number of nitrogens with zero attached hydrogens (tertiary/aromatic N) is 1. The number of piperidine rings is 1. The van der Waals surface area contributed by atoms with Gasteiger partial charge in [0.25, 0.3) is 0 Å². The summed E-state index contributed by atoms with van der Waals surface area (Å²) in [6.07, 6.45) is 4.22. The molecule has 1 amide bonds. The zero-order valence-corrected chi connectivity index (χ0v) is 13.7. The van der Waals surface area contributed by atoms with E-state index in [1.807, 2.05) is 18.2 Å². The SMILES string of the molecule is COc1ccc(C2(C(=O)N3CCCC(C)C3)CC2)cc1OC. The van der Waals surface area contributed by atoms with Crippen LogP contribution in [0.2, 0.25) is 0 Å². The van der Waals surface area contributed by atoms with Gasteiger partial charge in [-0.2, -0.15) is 0 Å². The Bertz CT molecular complexity index is 565. The first-order valence-corrected chi connectivity index (χ1v) is 8.12. The first-order chi connectivity index (χ1) is 10.6. The molecule has 0 aromatic heterocycles. The summed E-state index contributed by atoms with van der Waals surface area (Å²) in [6.45, 7) is 4.03. The van der Waals surface area contributed by atoms with Gasteiger partial charge in [-0.3, -0.25) is 4.79 Å². The molecule has 4 nitrogen and oxygen atoms in total. The van der Waals surface area contributed by atoms with E-state index in [9.17, 15) is 4.79 Å². The Morgan fingerprint density at radius 1 is 1.23 bits per heavy atom. The van der Waals surface area contributed by atoms with Gasteiger partial charge in [0.05, 0.1) is 19.6 Å². The van der Waals surface area contributed by atoms with E-state index in [-0.39, 0.29) is 5.41 Å². The summed E-state index contributed by atoms with van der Waals surface area (Å²) < 4.78 is 10.7. The molecule has 0 bridgehead atoms. The number of carbonyl (C=O) groups excluding carboxylic acids is 1. The van der Waals surface area contributed by atoms with Crippen molar-refractivity contribution in [3.8, 4) is 11.5 Å². The van der Waals surface area contributed by atoms with E-state index in [0.29, 0.717) is 23.3 Å². The highest BCUT2D eigenvalue weighted by atomic mass is 16.5. The molecule has 0 spiro atoms. The standard InChI is InChI=1S/C18H25NO3/c1-13-5-4-10-19(12-13)17(20)18(8-9-18)14-6-7-15(21-2)16(11-14)22-3/h6-7,11,13H,4-5,8-10,12H2,1-3H3. The third-order valence-electron chi connectivity index (χ3n) is 5.04. The van der Waals surface area contributed by atoms with Crippen LogP contribution in [-0.2, 0) is 10.2 Å². The van der Waals surface area contributed by atoms with Gasteiger partial charge in [0.1, 0.15) is 0 Å². The summed E-state index contributed by atoms with van der Waals surface area (Å²) in [5.41, 5.74) is 0.741. The maximum absolute atomic E-state index is 13.0. The van der Waals surface area contributed by atoms with Crippen LogP contribution >= 0.6 is 0 Å². The quantitative estimate of drug-likeness (QED) is 0.858. The number of benzene rings is 1. The summed E-state index contributed by atoms with van der Waals surface area (Å²) in [6, 6.07) is 5.89. The molecule has 22 heavy (non-hydrogen) atoms. The molecule has 1 heterocycles. The summed E-state index contributed by atoms with van der Waals surface area (Å²) >= 11 is 0. The van der Waals surface area contributed by atoms with Crippen LogP contribution in [0.5, 0.6) is 11.5 Å². The Morgan fingerprint density at radius 3 is 2.55 bits per heavy atom. The fraction of sp³-hybridized carbons (Fsp3) is 0.611. The second-order valence-corrected chi connectivity index (χ2v) is 6.65. The highest BCUT2D eigenvalue weighted by Crippen LogP contribution is 2.51. The van der Waals surface area contributed by atoms with Crippen molar-refractivity contribution >= 4 is 5.91 Å². The molecule has 2 aliphatic rings. The van der Waals surface area contributed by atoms with Crippen molar-refractivity contribution in [2.24, 2.45) is 5.92 Å². The minimum Gasteiger partial charge on any atom is -0.493 e. The van der Waals surface area contributed by atoms with Crippen molar-refractivity contribution in [1.82, 2.24) is 4.90 Å². The van der Waals surface area contributed by atoms with E-state index in [1.54, 1.807) is 14.2 Å². The van der Waals surface area contributed by atoms with Gasteiger partial charge < -0.3 is 14.4 Å². The van der Waals surface area contributed by atoms with Gasteiger partial charge in [-0.1, -0.05) is 13.0 Å². The van der Waals surface area contributed by atoms with Crippen molar-refractivity contribution < 1.29 is 14.3 Å². The number of carbonyl (C=O) groups is 1. The fourth-order valence-electron chi connectivity index (χ4n) is 3.56. The molecule has 1 aliphatic heterocycles. The van der Waals surface area contributed by atoms with Gasteiger partial charge in [0.2, 0.25) is 5.91 Å². The number of rotatable bonds is 4. The van der Waals surface area contributed by atoms with Crippen LogP contribution < -0.4 is 9.47 Å². The molecule has 1 aliphatic carbocycles. The number of amides is 1. The van der Waals surface area contributed by atoms with Gasteiger partial charge in [-0.15, -0.1) is 0 Å². The monoisotopic (exact) mass is 303 g/mol. The lowest BCUT2D eigenvalue weighted by atomic mass is 9.91. The summed E-state index contributed by atoms with van der Waals surface area (Å²) in [5, 5.41) is 0. The smallest absolute Gasteiger partial charge is 0.233 e. The van der Waals surface area contributed by atoms with Gasteiger partial charge in [-0.25, -0.2) is 0 Å². The van der Waals surface area contributed by atoms with Crippen LogP contribution in [0.25, 0.3) is 0 Å². The zero-order valence-electron chi connectivity index (χ0n) is 13.7. The predicted octanol–water partition coefficient (Wildman–Crippen LogP) is 2.99. The van der Waals surface area contributed by atoms with Crippen LogP contribution in [0.15, 0.2) is 18.2 Å². The predicted molar refractivity (Wildman–Crippen MR) is 85.4 cm³/mol. The van der Waals surface area contributed by atoms with Crippen molar-refractivity contribution in [2.75, 3.05) is 27.3 Å². The fourth-order valence-corrected chi connectivity index (χ4v) is 3.56. The van der Waals surface area contributed by atoms with Crippen LogP contribution in [0.3, 0.4) is 0 Å². The Kier molecular flexibility index (Phi) is 4.02. The van der Waals surface area contributed by atoms with Crippen LogP contribution in [0.4, 0.5) is 0 Å². The van der Waals surface area contributed by atoms with E-state index in [0.717, 1.165) is 37.9 Å². The van der Waals surface area contributed by atoms with E-state index in [4.69, 9.17) is 9.47 Å². The minimum absolute atomic E-state index is 0.297. The number of likely N-dealkylation sites (tertiary alicyclic amines) is 1. The molecule has 1 unspecified atom stereocenters. The lowest BCUT2D eigenvalue weighted by molar-refractivity contribution is -0.135. The summed E-state index contributed by atoms with van der Waals surface area (Å²) in [7, 11) is 3.26. The molecule has 0 N–H and O–H groups in total. The summed E-state index contributed by atoms with van der Waals surface area (Å²) in [4.78, 5) is 15.1. The molecule has 120 valence electrons. The molecule has 1 aromatic carbocycles. The number of hydrogen-bond acceptors (Lipinski definition) is 3. The lowest BCUT2D eigenvalue weighted by Crippen LogP contribution is -2.44. The molecule has 0 radical (unpaired) electrons. The van der Waals surface area contributed by atoms with Gasteiger partial charge in [0, 0.05) is 13.1 Å². The molecule has 1 aromatic rings. The maximum Gasteiger partial charge on any atom is 0.233 e. The third kappa shape index (κ3) is 2.55. The second kappa shape index (κ2) is 5.82. The minimum atomic E-state index is -0.323.